The van der Waals surface area contributed by atoms with Crippen LogP contribution in [0.4, 0.5) is 4.39 Å². The van der Waals surface area contributed by atoms with Crippen molar-refractivity contribution in [2.24, 2.45) is 0 Å². The molecule has 0 saturated carbocycles. The lowest BCUT2D eigenvalue weighted by molar-refractivity contribution is 0.414. The molecule has 0 radical (unpaired) electrons. The number of sulfone groups is 2. The Hall–Kier alpha value is -3.49. The van der Waals surface area contributed by atoms with Crippen molar-refractivity contribution in [3.63, 3.8) is 0 Å². The number of hydrogen-bond donors (Lipinski definition) is 0. The molecule has 0 spiro atoms. The van der Waals surface area contributed by atoms with Crippen LogP contribution in [0.25, 0.3) is 11.1 Å². The second-order valence-corrected chi connectivity index (χ2v) is 11.1. The lowest BCUT2D eigenvalue weighted by Gasteiger charge is -2.09. The van der Waals surface area contributed by atoms with Gasteiger partial charge in [0.25, 0.3) is 0 Å². The Balaban J connectivity index is 1.58. The van der Waals surface area contributed by atoms with Crippen LogP contribution in [0.15, 0.2) is 117 Å². The Morgan fingerprint density at radius 2 is 0.818 bits per heavy atom. The second kappa shape index (κ2) is 8.80. The summed E-state index contributed by atoms with van der Waals surface area (Å²) in [5, 5.41) is 0. The topological polar surface area (TPSA) is 77.5 Å². The standard InChI is InChI=1S/C25H19FO5S2/c1-31-21-8-16-25(17-9-21)33(29,30)23-12-4-19(5-13-23)18-2-10-22(11-3-18)32(27,28)24-14-6-20(26)7-15-24/h2-17H,1H3. The summed E-state index contributed by atoms with van der Waals surface area (Å²) in [5.74, 6) is 0.0518. The number of ether oxygens (including phenoxy) is 1. The molecule has 33 heavy (non-hydrogen) atoms. The number of rotatable bonds is 6. The van der Waals surface area contributed by atoms with E-state index in [1.54, 1.807) is 36.4 Å². The van der Waals surface area contributed by atoms with Gasteiger partial charge >= 0.3 is 0 Å². The fourth-order valence-corrected chi connectivity index (χ4v) is 5.82. The number of halogens is 1. The van der Waals surface area contributed by atoms with E-state index in [9.17, 15) is 21.2 Å². The van der Waals surface area contributed by atoms with Crippen molar-refractivity contribution in [3.05, 3.63) is 103 Å². The van der Waals surface area contributed by atoms with Crippen molar-refractivity contribution in [3.8, 4) is 16.9 Å². The summed E-state index contributed by atoms with van der Waals surface area (Å²) in [4.78, 5) is 0.389. The molecule has 0 aliphatic carbocycles. The van der Waals surface area contributed by atoms with Crippen molar-refractivity contribution < 1.29 is 26.0 Å². The minimum absolute atomic E-state index is 0.00439. The molecule has 0 heterocycles. The van der Waals surface area contributed by atoms with E-state index in [4.69, 9.17) is 4.74 Å². The summed E-state index contributed by atoms with van der Waals surface area (Å²) in [6.07, 6.45) is 0. The predicted octanol–water partition coefficient (Wildman–Crippen LogP) is 5.17. The first kappa shape index (κ1) is 22.7. The van der Waals surface area contributed by atoms with E-state index in [1.807, 2.05) is 0 Å². The molecule has 4 aromatic carbocycles. The van der Waals surface area contributed by atoms with Crippen LogP contribution in [-0.4, -0.2) is 23.9 Å². The maximum atomic E-state index is 13.1. The molecular weight excluding hydrogens is 463 g/mol. The third-order valence-corrected chi connectivity index (χ3v) is 8.73. The summed E-state index contributed by atoms with van der Waals surface area (Å²) >= 11 is 0. The summed E-state index contributed by atoms with van der Waals surface area (Å²) < 4.78 is 69.3. The van der Waals surface area contributed by atoms with Crippen LogP contribution in [0.2, 0.25) is 0 Å². The molecular formula is C25H19FO5S2. The molecule has 8 heteroatoms. The van der Waals surface area contributed by atoms with E-state index in [-0.39, 0.29) is 19.6 Å². The van der Waals surface area contributed by atoms with Gasteiger partial charge in [-0.1, -0.05) is 24.3 Å². The van der Waals surface area contributed by atoms with Gasteiger partial charge in [-0.2, -0.15) is 0 Å². The summed E-state index contributed by atoms with van der Waals surface area (Å²) in [7, 11) is -5.95. The Kier molecular flexibility index (Phi) is 6.05. The predicted molar refractivity (Wildman–Crippen MR) is 122 cm³/mol. The van der Waals surface area contributed by atoms with Crippen molar-refractivity contribution in [2.45, 2.75) is 19.6 Å². The third-order valence-electron chi connectivity index (χ3n) is 5.16. The minimum Gasteiger partial charge on any atom is -0.497 e. The molecule has 0 unspecified atom stereocenters. The first-order valence-corrected chi connectivity index (χ1v) is 12.8. The van der Waals surface area contributed by atoms with E-state index in [1.165, 1.54) is 55.6 Å². The van der Waals surface area contributed by atoms with Gasteiger partial charge in [-0.25, -0.2) is 21.2 Å². The van der Waals surface area contributed by atoms with Gasteiger partial charge in [0.15, 0.2) is 0 Å². The first-order chi connectivity index (χ1) is 15.7. The maximum Gasteiger partial charge on any atom is 0.206 e. The highest BCUT2D eigenvalue weighted by Crippen LogP contribution is 2.28. The molecule has 0 saturated heterocycles. The normalized spacial score (nSPS) is 11.8. The van der Waals surface area contributed by atoms with Crippen LogP contribution in [0, 0.1) is 5.82 Å². The SMILES string of the molecule is COc1ccc(S(=O)(=O)c2ccc(-c3ccc(S(=O)(=O)c4ccc(F)cc4)cc3)cc2)cc1. The fraction of sp³-hybridized carbons (Fsp3) is 0.0400. The van der Waals surface area contributed by atoms with Gasteiger partial charge in [0, 0.05) is 0 Å². The van der Waals surface area contributed by atoms with E-state index in [0.29, 0.717) is 5.75 Å². The largest absolute Gasteiger partial charge is 0.497 e. The maximum absolute atomic E-state index is 13.1. The van der Waals surface area contributed by atoms with E-state index in [2.05, 4.69) is 0 Å². The molecule has 0 N–H and O–H groups in total. The average molecular weight is 483 g/mol. The van der Waals surface area contributed by atoms with Gasteiger partial charge in [0.2, 0.25) is 19.7 Å². The van der Waals surface area contributed by atoms with Crippen LogP contribution >= 0.6 is 0 Å². The highest BCUT2D eigenvalue weighted by atomic mass is 32.2. The number of methoxy groups -OCH3 is 1. The van der Waals surface area contributed by atoms with Crippen molar-refractivity contribution in [2.75, 3.05) is 7.11 Å². The van der Waals surface area contributed by atoms with E-state index < -0.39 is 25.5 Å². The van der Waals surface area contributed by atoms with Crippen molar-refractivity contribution >= 4 is 19.7 Å². The Labute approximate surface area is 191 Å². The zero-order chi connectivity index (χ0) is 23.6. The molecule has 0 aromatic heterocycles. The molecule has 0 aliphatic heterocycles. The zero-order valence-electron chi connectivity index (χ0n) is 17.5. The molecule has 5 nitrogen and oxygen atoms in total. The van der Waals surface area contributed by atoms with Gasteiger partial charge < -0.3 is 4.74 Å². The molecule has 0 bridgehead atoms. The van der Waals surface area contributed by atoms with Crippen molar-refractivity contribution in [1.82, 2.24) is 0 Å². The summed E-state index contributed by atoms with van der Waals surface area (Å²) in [6.45, 7) is 0. The molecule has 0 atom stereocenters. The molecule has 4 aromatic rings. The van der Waals surface area contributed by atoms with Crippen LogP contribution in [-0.2, 0) is 19.7 Å². The Morgan fingerprint density at radius 3 is 1.15 bits per heavy atom. The summed E-state index contributed by atoms with van der Waals surface area (Å²) in [6, 6.07) is 23.4. The Morgan fingerprint density at radius 1 is 0.515 bits per heavy atom. The lowest BCUT2D eigenvalue weighted by atomic mass is 10.1. The van der Waals surface area contributed by atoms with Crippen LogP contribution in [0.3, 0.4) is 0 Å². The summed E-state index contributed by atoms with van der Waals surface area (Å²) in [5.41, 5.74) is 1.45. The smallest absolute Gasteiger partial charge is 0.206 e. The van der Waals surface area contributed by atoms with Crippen LogP contribution < -0.4 is 4.74 Å². The van der Waals surface area contributed by atoms with Gasteiger partial charge in [-0.15, -0.1) is 0 Å². The lowest BCUT2D eigenvalue weighted by Crippen LogP contribution is -2.02. The highest BCUT2D eigenvalue weighted by Gasteiger charge is 2.19. The van der Waals surface area contributed by atoms with Gasteiger partial charge in [-0.3, -0.25) is 0 Å². The number of hydrogen-bond acceptors (Lipinski definition) is 5. The van der Waals surface area contributed by atoms with Crippen LogP contribution in [0.5, 0.6) is 5.75 Å². The van der Waals surface area contributed by atoms with Gasteiger partial charge in [-0.05, 0) is 83.9 Å². The molecule has 4 rings (SSSR count). The van der Waals surface area contributed by atoms with Crippen molar-refractivity contribution in [1.29, 1.82) is 0 Å². The average Bonchev–Trinajstić information content (AvgIpc) is 2.84. The zero-order valence-corrected chi connectivity index (χ0v) is 19.1. The fourth-order valence-electron chi connectivity index (χ4n) is 3.29. The molecule has 0 fully saturated rings. The highest BCUT2D eigenvalue weighted by molar-refractivity contribution is 7.91. The van der Waals surface area contributed by atoms with E-state index >= 15 is 0 Å². The second-order valence-electron chi connectivity index (χ2n) is 7.19. The molecule has 0 aliphatic rings. The van der Waals surface area contributed by atoms with Gasteiger partial charge in [0.05, 0.1) is 26.7 Å². The Bertz CT molecular complexity index is 1480. The molecule has 0 amide bonds. The number of benzene rings is 4. The molecule has 168 valence electrons. The van der Waals surface area contributed by atoms with Gasteiger partial charge in [0.1, 0.15) is 11.6 Å². The first-order valence-electron chi connectivity index (χ1n) is 9.82. The van der Waals surface area contributed by atoms with E-state index in [0.717, 1.165) is 23.3 Å². The van der Waals surface area contributed by atoms with Crippen LogP contribution in [0.1, 0.15) is 0 Å². The monoisotopic (exact) mass is 482 g/mol. The third kappa shape index (κ3) is 4.53. The quantitative estimate of drug-likeness (QED) is 0.355. The minimum atomic E-state index is -3.77.